The van der Waals surface area contributed by atoms with Crippen LogP contribution in [0.25, 0.3) is 0 Å². The molecule has 20 heavy (non-hydrogen) atoms. The topological polar surface area (TPSA) is 17.1 Å². The number of benzene rings is 1. The van der Waals surface area contributed by atoms with Gasteiger partial charge in [-0.25, -0.2) is 0 Å². The molecule has 0 spiro atoms. The van der Waals surface area contributed by atoms with Crippen LogP contribution in [0.2, 0.25) is 0 Å². The molecule has 1 saturated carbocycles. The van der Waals surface area contributed by atoms with Gasteiger partial charge in [0.15, 0.2) is 5.78 Å². The number of carbonyl (C=O) groups excluding carboxylic acids is 1. The molecule has 110 valence electrons. The van der Waals surface area contributed by atoms with Crippen molar-refractivity contribution < 1.29 is 4.79 Å². The Kier molecular flexibility index (Phi) is 5.39. The third-order valence-corrected chi connectivity index (χ3v) is 5.11. The first-order chi connectivity index (χ1) is 9.68. The number of unbranched alkanes of at least 4 members (excludes halogenated alkanes) is 1. The summed E-state index contributed by atoms with van der Waals surface area (Å²) < 4.78 is 0. The molecule has 0 aromatic heterocycles. The fourth-order valence-electron chi connectivity index (χ4n) is 3.71. The summed E-state index contributed by atoms with van der Waals surface area (Å²) in [6, 6.07) is 9.91. The van der Waals surface area contributed by atoms with E-state index in [0.29, 0.717) is 11.7 Å². The zero-order valence-corrected chi connectivity index (χ0v) is 13.0. The standard InChI is InChI=1S/C19H28O/c1-3-4-15-19(2,17-13-9-6-10-14-17)18(20)16-11-7-5-8-12-16/h5,7-8,11-12,17H,3-4,6,9-10,13-15H2,1-2H3. The predicted octanol–water partition coefficient (Wildman–Crippen LogP) is 5.65. The van der Waals surface area contributed by atoms with E-state index >= 15 is 0 Å². The van der Waals surface area contributed by atoms with Crippen LogP contribution < -0.4 is 0 Å². The van der Waals surface area contributed by atoms with Crippen molar-refractivity contribution >= 4 is 5.78 Å². The van der Waals surface area contributed by atoms with Gasteiger partial charge in [0.1, 0.15) is 0 Å². The van der Waals surface area contributed by atoms with Gasteiger partial charge in [-0.2, -0.15) is 0 Å². The van der Waals surface area contributed by atoms with Crippen LogP contribution in [0.1, 0.15) is 75.6 Å². The van der Waals surface area contributed by atoms with Gasteiger partial charge >= 0.3 is 0 Å². The van der Waals surface area contributed by atoms with Crippen molar-refractivity contribution in [1.29, 1.82) is 0 Å². The number of carbonyl (C=O) groups is 1. The summed E-state index contributed by atoms with van der Waals surface area (Å²) in [5, 5.41) is 0. The van der Waals surface area contributed by atoms with E-state index in [1.165, 1.54) is 38.5 Å². The van der Waals surface area contributed by atoms with Gasteiger partial charge in [-0.1, -0.05) is 76.3 Å². The van der Waals surface area contributed by atoms with Crippen LogP contribution >= 0.6 is 0 Å². The van der Waals surface area contributed by atoms with E-state index in [1.807, 2.05) is 30.3 Å². The molecule has 1 fully saturated rings. The SMILES string of the molecule is CCCCC(C)(C(=O)c1ccccc1)C1CCCCC1. The molecule has 0 aliphatic heterocycles. The van der Waals surface area contributed by atoms with Crippen molar-refractivity contribution in [3.63, 3.8) is 0 Å². The van der Waals surface area contributed by atoms with Crippen molar-refractivity contribution in [2.45, 2.75) is 65.2 Å². The van der Waals surface area contributed by atoms with Gasteiger partial charge in [0.2, 0.25) is 0 Å². The van der Waals surface area contributed by atoms with Crippen LogP contribution in [0, 0.1) is 11.3 Å². The Bertz CT molecular complexity index is 417. The van der Waals surface area contributed by atoms with E-state index in [-0.39, 0.29) is 5.41 Å². The second-order valence-electron chi connectivity index (χ2n) is 6.55. The fraction of sp³-hybridized carbons (Fsp3) is 0.632. The van der Waals surface area contributed by atoms with Crippen molar-refractivity contribution in [2.24, 2.45) is 11.3 Å². The van der Waals surface area contributed by atoms with Crippen molar-refractivity contribution in [1.82, 2.24) is 0 Å². The van der Waals surface area contributed by atoms with Gasteiger partial charge in [-0.05, 0) is 25.2 Å². The van der Waals surface area contributed by atoms with Gasteiger partial charge in [0.25, 0.3) is 0 Å². The Balaban J connectivity index is 2.23. The molecule has 1 aromatic carbocycles. The molecule has 1 atom stereocenters. The number of rotatable bonds is 6. The summed E-state index contributed by atoms with van der Waals surface area (Å²) in [4.78, 5) is 13.1. The van der Waals surface area contributed by atoms with E-state index in [4.69, 9.17) is 0 Å². The molecule has 0 N–H and O–H groups in total. The summed E-state index contributed by atoms with van der Waals surface area (Å²) in [5.74, 6) is 0.953. The minimum absolute atomic E-state index is 0.155. The Morgan fingerprint density at radius 3 is 2.40 bits per heavy atom. The summed E-state index contributed by atoms with van der Waals surface area (Å²) in [6.07, 6.45) is 9.79. The first kappa shape index (κ1) is 15.3. The van der Waals surface area contributed by atoms with E-state index in [9.17, 15) is 4.79 Å². The quantitative estimate of drug-likeness (QED) is 0.612. The molecule has 1 aliphatic carbocycles. The smallest absolute Gasteiger partial charge is 0.168 e. The minimum atomic E-state index is -0.155. The highest BCUT2D eigenvalue weighted by Crippen LogP contribution is 2.44. The predicted molar refractivity (Wildman–Crippen MR) is 85.0 cm³/mol. The minimum Gasteiger partial charge on any atom is -0.294 e. The molecule has 0 heterocycles. The van der Waals surface area contributed by atoms with Gasteiger partial charge < -0.3 is 0 Å². The lowest BCUT2D eigenvalue weighted by atomic mass is 9.64. The molecule has 1 unspecified atom stereocenters. The molecule has 1 nitrogen and oxygen atoms in total. The normalized spacial score (nSPS) is 19.5. The summed E-state index contributed by atoms with van der Waals surface area (Å²) >= 11 is 0. The number of hydrogen-bond acceptors (Lipinski definition) is 1. The maximum Gasteiger partial charge on any atom is 0.168 e. The second-order valence-corrected chi connectivity index (χ2v) is 6.55. The molecule has 0 saturated heterocycles. The Morgan fingerprint density at radius 1 is 1.15 bits per heavy atom. The molecule has 0 radical (unpaired) electrons. The molecule has 2 rings (SSSR count). The average Bonchev–Trinajstić information content (AvgIpc) is 2.53. The fourth-order valence-corrected chi connectivity index (χ4v) is 3.71. The van der Waals surface area contributed by atoms with E-state index < -0.39 is 0 Å². The molecule has 1 heteroatoms. The van der Waals surface area contributed by atoms with Crippen LogP contribution in [0.4, 0.5) is 0 Å². The summed E-state index contributed by atoms with van der Waals surface area (Å²) in [7, 11) is 0. The van der Waals surface area contributed by atoms with Crippen molar-refractivity contribution in [3.8, 4) is 0 Å². The van der Waals surface area contributed by atoms with Crippen molar-refractivity contribution in [2.75, 3.05) is 0 Å². The Hall–Kier alpha value is -1.11. The Morgan fingerprint density at radius 2 is 1.80 bits per heavy atom. The molecular formula is C19H28O. The Labute approximate surface area is 123 Å². The largest absolute Gasteiger partial charge is 0.294 e. The van der Waals surface area contributed by atoms with E-state index in [1.54, 1.807) is 0 Å². The zero-order chi connectivity index (χ0) is 14.4. The maximum atomic E-state index is 13.1. The van der Waals surface area contributed by atoms with Gasteiger partial charge in [-0.3, -0.25) is 4.79 Å². The van der Waals surface area contributed by atoms with Crippen LogP contribution in [-0.4, -0.2) is 5.78 Å². The number of Topliss-reactive ketones (excluding diaryl/α,β-unsaturated/α-hetero) is 1. The number of ketones is 1. The van der Waals surface area contributed by atoms with Gasteiger partial charge in [0.05, 0.1) is 0 Å². The van der Waals surface area contributed by atoms with Gasteiger partial charge in [0, 0.05) is 11.0 Å². The third kappa shape index (κ3) is 3.31. The maximum absolute atomic E-state index is 13.1. The highest BCUT2D eigenvalue weighted by molar-refractivity contribution is 6.00. The molecule has 0 amide bonds. The van der Waals surface area contributed by atoms with Crippen LogP contribution in [0.15, 0.2) is 30.3 Å². The molecule has 1 aromatic rings. The molecule has 0 bridgehead atoms. The second kappa shape index (κ2) is 7.06. The lowest BCUT2D eigenvalue weighted by molar-refractivity contribution is 0.0609. The molecular weight excluding hydrogens is 244 g/mol. The van der Waals surface area contributed by atoms with Gasteiger partial charge in [-0.15, -0.1) is 0 Å². The highest BCUT2D eigenvalue weighted by Gasteiger charge is 2.40. The van der Waals surface area contributed by atoms with Crippen LogP contribution in [0.3, 0.4) is 0 Å². The monoisotopic (exact) mass is 272 g/mol. The number of hydrogen-bond donors (Lipinski definition) is 0. The first-order valence-electron chi connectivity index (χ1n) is 8.28. The van der Waals surface area contributed by atoms with Crippen LogP contribution in [0.5, 0.6) is 0 Å². The van der Waals surface area contributed by atoms with Crippen molar-refractivity contribution in [3.05, 3.63) is 35.9 Å². The lowest BCUT2D eigenvalue weighted by Gasteiger charge is -2.39. The average molecular weight is 272 g/mol. The summed E-state index contributed by atoms with van der Waals surface area (Å²) in [5.41, 5.74) is 0.745. The molecule has 1 aliphatic rings. The summed E-state index contributed by atoms with van der Waals surface area (Å²) in [6.45, 7) is 4.45. The highest BCUT2D eigenvalue weighted by atomic mass is 16.1. The van der Waals surface area contributed by atoms with Crippen LogP contribution in [-0.2, 0) is 0 Å². The van der Waals surface area contributed by atoms with E-state index in [2.05, 4.69) is 13.8 Å². The first-order valence-corrected chi connectivity index (χ1v) is 8.28. The van der Waals surface area contributed by atoms with E-state index in [0.717, 1.165) is 18.4 Å². The third-order valence-electron chi connectivity index (χ3n) is 5.11. The zero-order valence-electron chi connectivity index (χ0n) is 13.0. The lowest BCUT2D eigenvalue weighted by Crippen LogP contribution is -2.37.